The van der Waals surface area contributed by atoms with Crippen LogP contribution in [0.15, 0.2) is 17.0 Å². The Morgan fingerprint density at radius 3 is 2.75 bits per heavy atom. The van der Waals surface area contributed by atoms with Crippen molar-refractivity contribution in [2.24, 2.45) is 0 Å². The Hall–Kier alpha value is -0.410. The summed E-state index contributed by atoms with van der Waals surface area (Å²) in [5.41, 5.74) is 0.568. The monoisotopic (exact) mass is 291 g/mol. The molecule has 0 amide bonds. The minimum Gasteiger partial charge on any atom is -0.496 e. The van der Waals surface area contributed by atoms with Crippen molar-refractivity contribution in [2.75, 3.05) is 7.11 Å². The Morgan fingerprint density at radius 2 is 2.25 bits per heavy atom. The van der Waals surface area contributed by atoms with Gasteiger partial charge >= 0.3 is 0 Å². The molecular weight excluding hydrogens is 285 g/mol. The summed E-state index contributed by atoms with van der Waals surface area (Å²) < 4.78 is 5.90. The number of halogens is 1. The molecule has 2 nitrogen and oxygen atoms in total. The number of ether oxygens (including phenoxy) is 1. The lowest BCUT2D eigenvalue weighted by atomic mass is 10.2. The van der Waals surface area contributed by atoms with Gasteiger partial charge in [0.05, 0.1) is 17.6 Å². The molecular formula is C8H6INOS. The molecule has 1 rings (SSSR count). The van der Waals surface area contributed by atoms with Crippen molar-refractivity contribution >= 4 is 35.2 Å². The molecule has 1 aromatic rings. The Bertz CT molecular complexity index is 346. The van der Waals surface area contributed by atoms with E-state index in [0.717, 1.165) is 3.57 Å². The number of hydrogen-bond acceptors (Lipinski definition) is 3. The van der Waals surface area contributed by atoms with Gasteiger partial charge in [0.1, 0.15) is 11.8 Å². The zero-order valence-electron chi connectivity index (χ0n) is 6.34. The molecule has 1 aromatic carbocycles. The third kappa shape index (κ3) is 1.67. The minimum atomic E-state index is 0.568. The maximum Gasteiger partial charge on any atom is 0.133 e. The Labute approximate surface area is 90.1 Å². The van der Waals surface area contributed by atoms with E-state index in [-0.39, 0.29) is 0 Å². The molecule has 0 heterocycles. The van der Waals surface area contributed by atoms with Crippen molar-refractivity contribution in [1.82, 2.24) is 0 Å². The molecule has 12 heavy (non-hydrogen) atoms. The molecule has 0 aliphatic heterocycles. The molecule has 0 bridgehead atoms. The van der Waals surface area contributed by atoms with Gasteiger partial charge in [-0.2, -0.15) is 5.26 Å². The third-order valence-corrected chi connectivity index (χ3v) is 2.76. The molecule has 0 radical (unpaired) electrons. The SMILES string of the molecule is COc1ccc(I)c(C#N)c1S. The maximum atomic E-state index is 8.76. The molecule has 0 spiro atoms. The smallest absolute Gasteiger partial charge is 0.133 e. The minimum absolute atomic E-state index is 0.568. The Balaban J connectivity index is 3.36. The second-order valence-electron chi connectivity index (χ2n) is 2.09. The topological polar surface area (TPSA) is 33.0 Å². The van der Waals surface area contributed by atoms with Gasteiger partial charge in [0.15, 0.2) is 0 Å². The van der Waals surface area contributed by atoms with Crippen LogP contribution in [-0.2, 0) is 0 Å². The van der Waals surface area contributed by atoms with Crippen LogP contribution in [0.3, 0.4) is 0 Å². The van der Waals surface area contributed by atoms with Gasteiger partial charge in [-0.25, -0.2) is 0 Å². The van der Waals surface area contributed by atoms with Crippen molar-refractivity contribution in [2.45, 2.75) is 4.90 Å². The highest BCUT2D eigenvalue weighted by Gasteiger charge is 2.08. The van der Waals surface area contributed by atoms with Crippen molar-refractivity contribution in [1.29, 1.82) is 5.26 Å². The van der Waals surface area contributed by atoms with Gasteiger partial charge in [-0.3, -0.25) is 0 Å². The molecule has 0 saturated carbocycles. The van der Waals surface area contributed by atoms with Crippen molar-refractivity contribution in [3.8, 4) is 11.8 Å². The lowest BCUT2D eigenvalue weighted by Gasteiger charge is -2.05. The van der Waals surface area contributed by atoms with Crippen LogP contribution in [-0.4, -0.2) is 7.11 Å². The first-order valence-corrected chi connectivity index (χ1v) is 4.69. The molecule has 0 N–H and O–H groups in total. The summed E-state index contributed by atoms with van der Waals surface area (Å²) in [6.07, 6.45) is 0. The first-order chi connectivity index (χ1) is 5.70. The quantitative estimate of drug-likeness (QED) is 0.637. The molecule has 0 aromatic heterocycles. The molecule has 0 aliphatic rings. The summed E-state index contributed by atoms with van der Waals surface area (Å²) in [6, 6.07) is 5.70. The zero-order valence-corrected chi connectivity index (χ0v) is 9.39. The largest absolute Gasteiger partial charge is 0.496 e. The van der Waals surface area contributed by atoms with Crippen LogP contribution in [0.25, 0.3) is 0 Å². The van der Waals surface area contributed by atoms with Crippen molar-refractivity contribution in [3.05, 3.63) is 21.3 Å². The van der Waals surface area contributed by atoms with Gasteiger partial charge in [-0.1, -0.05) is 0 Å². The number of hydrogen-bond donors (Lipinski definition) is 1. The van der Waals surface area contributed by atoms with Crippen LogP contribution in [0.4, 0.5) is 0 Å². The number of benzene rings is 1. The summed E-state index contributed by atoms with van der Waals surface area (Å²) >= 11 is 6.28. The predicted molar refractivity (Wildman–Crippen MR) is 57.7 cm³/mol. The van der Waals surface area contributed by atoms with E-state index in [1.54, 1.807) is 13.2 Å². The molecule has 62 valence electrons. The molecule has 4 heteroatoms. The fourth-order valence-corrected chi connectivity index (χ4v) is 1.94. The highest BCUT2D eigenvalue weighted by molar-refractivity contribution is 14.1. The highest BCUT2D eigenvalue weighted by atomic mass is 127. The lowest BCUT2D eigenvalue weighted by molar-refractivity contribution is 0.404. The van der Waals surface area contributed by atoms with Crippen LogP contribution in [0.5, 0.6) is 5.75 Å². The van der Waals surface area contributed by atoms with Crippen LogP contribution in [0, 0.1) is 14.9 Å². The van der Waals surface area contributed by atoms with Crippen LogP contribution < -0.4 is 4.74 Å². The van der Waals surface area contributed by atoms with Crippen molar-refractivity contribution in [3.63, 3.8) is 0 Å². The summed E-state index contributed by atoms with van der Waals surface area (Å²) in [7, 11) is 1.56. The van der Waals surface area contributed by atoms with Gasteiger partial charge in [-0.05, 0) is 34.7 Å². The highest BCUT2D eigenvalue weighted by Crippen LogP contribution is 2.28. The molecule has 0 saturated heterocycles. The Morgan fingerprint density at radius 1 is 1.58 bits per heavy atom. The average Bonchev–Trinajstić information content (AvgIpc) is 2.06. The van der Waals surface area contributed by atoms with E-state index in [9.17, 15) is 0 Å². The number of methoxy groups -OCH3 is 1. The van der Waals surface area contributed by atoms with Gasteiger partial charge in [0, 0.05) is 3.57 Å². The second kappa shape index (κ2) is 4.01. The third-order valence-electron chi connectivity index (χ3n) is 1.42. The normalized spacial score (nSPS) is 9.17. The van der Waals surface area contributed by atoms with E-state index in [2.05, 4.69) is 41.3 Å². The van der Waals surface area contributed by atoms with Crippen molar-refractivity contribution < 1.29 is 4.74 Å². The predicted octanol–water partition coefficient (Wildman–Crippen LogP) is 2.46. The Kier molecular flexibility index (Phi) is 3.23. The van der Waals surface area contributed by atoms with E-state index in [0.29, 0.717) is 16.2 Å². The summed E-state index contributed by atoms with van der Waals surface area (Å²) in [4.78, 5) is 0.604. The van der Waals surface area contributed by atoms with Gasteiger partial charge in [0.2, 0.25) is 0 Å². The van der Waals surface area contributed by atoms with E-state index in [4.69, 9.17) is 10.00 Å². The van der Waals surface area contributed by atoms with Gasteiger partial charge < -0.3 is 4.74 Å². The number of nitrogens with zero attached hydrogens (tertiary/aromatic N) is 1. The van der Waals surface area contributed by atoms with E-state index in [1.807, 2.05) is 6.07 Å². The van der Waals surface area contributed by atoms with E-state index >= 15 is 0 Å². The second-order valence-corrected chi connectivity index (χ2v) is 3.69. The summed E-state index contributed by atoms with van der Waals surface area (Å²) in [5.74, 6) is 0.635. The fraction of sp³-hybridized carbons (Fsp3) is 0.125. The zero-order chi connectivity index (χ0) is 9.14. The molecule has 0 aliphatic carbocycles. The fourth-order valence-electron chi connectivity index (χ4n) is 0.819. The number of rotatable bonds is 1. The molecule has 0 fully saturated rings. The van der Waals surface area contributed by atoms with Gasteiger partial charge in [0.25, 0.3) is 0 Å². The van der Waals surface area contributed by atoms with Gasteiger partial charge in [-0.15, -0.1) is 12.6 Å². The van der Waals surface area contributed by atoms with Crippen LogP contribution in [0.1, 0.15) is 5.56 Å². The number of thiol groups is 1. The lowest BCUT2D eigenvalue weighted by Crippen LogP contribution is -1.90. The van der Waals surface area contributed by atoms with E-state index in [1.165, 1.54) is 0 Å². The number of nitriles is 1. The van der Waals surface area contributed by atoms with E-state index < -0.39 is 0 Å². The first kappa shape index (κ1) is 9.68. The maximum absolute atomic E-state index is 8.76. The first-order valence-electron chi connectivity index (χ1n) is 3.16. The van der Waals surface area contributed by atoms with Crippen LogP contribution in [0.2, 0.25) is 0 Å². The summed E-state index contributed by atoms with van der Waals surface area (Å²) in [5, 5.41) is 8.76. The average molecular weight is 291 g/mol. The summed E-state index contributed by atoms with van der Waals surface area (Å²) in [6.45, 7) is 0. The standard InChI is InChI=1S/C8H6INOS/c1-11-7-3-2-6(9)5(4-10)8(7)12/h2-3,12H,1H3. The molecule has 0 atom stereocenters. The van der Waals surface area contributed by atoms with Crippen LogP contribution >= 0.6 is 35.2 Å². The molecule has 0 unspecified atom stereocenters.